The van der Waals surface area contributed by atoms with E-state index in [0.29, 0.717) is 29.1 Å². The van der Waals surface area contributed by atoms with Crippen LogP contribution in [0, 0.1) is 29.1 Å². The zero-order valence-corrected chi connectivity index (χ0v) is 22.8. The van der Waals surface area contributed by atoms with E-state index in [1.807, 2.05) is 0 Å². The number of rotatable bonds is 8. The molecule has 3 saturated carbocycles. The van der Waals surface area contributed by atoms with Crippen molar-refractivity contribution < 1.29 is 9.53 Å². The second-order valence-electron chi connectivity index (χ2n) is 13.3. The topological polar surface area (TPSA) is 41.6 Å². The van der Waals surface area contributed by atoms with Gasteiger partial charge in [0.15, 0.2) is 0 Å². The highest BCUT2D eigenvalue weighted by molar-refractivity contribution is 5.79. The van der Waals surface area contributed by atoms with Crippen molar-refractivity contribution in [3.63, 3.8) is 0 Å². The lowest BCUT2D eigenvalue weighted by Crippen LogP contribution is -2.46. The van der Waals surface area contributed by atoms with Crippen LogP contribution in [0.2, 0.25) is 0 Å². The van der Waals surface area contributed by atoms with Gasteiger partial charge in [-0.15, -0.1) is 0 Å². The van der Waals surface area contributed by atoms with Crippen molar-refractivity contribution in [1.29, 1.82) is 0 Å². The summed E-state index contributed by atoms with van der Waals surface area (Å²) in [6.45, 7) is 9.00. The molecule has 1 aromatic carbocycles. The lowest BCUT2D eigenvalue weighted by molar-refractivity contribution is -0.129. The highest BCUT2D eigenvalue weighted by atomic mass is 16.5. The minimum absolute atomic E-state index is 0.227. The highest BCUT2D eigenvalue weighted by Crippen LogP contribution is 2.62. The first-order valence-corrected chi connectivity index (χ1v) is 15.3. The van der Waals surface area contributed by atoms with Crippen LogP contribution in [0.5, 0.6) is 5.75 Å². The summed E-state index contributed by atoms with van der Waals surface area (Å²) < 4.78 is 6.22. The number of hydrogen-bond donors (Lipinski definition) is 1. The van der Waals surface area contributed by atoms with Crippen molar-refractivity contribution in [3.05, 3.63) is 29.3 Å². The molecule has 4 heteroatoms. The molecule has 6 rings (SSSR count). The van der Waals surface area contributed by atoms with Crippen LogP contribution in [0.15, 0.2) is 18.2 Å². The van der Waals surface area contributed by atoms with Crippen LogP contribution < -0.4 is 10.1 Å². The van der Waals surface area contributed by atoms with Crippen molar-refractivity contribution in [1.82, 2.24) is 10.2 Å². The van der Waals surface area contributed by atoms with E-state index < -0.39 is 0 Å². The second-order valence-corrected chi connectivity index (χ2v) is 13.3. The first-order chi connectivity index (χ1) is 17.5. The van der Waals surface area contributed by atoms with Gasteiger partial charge in [0.2, 0.25) is 5.91 Å². The van der Waals surface area contributed by atoms with E-state index in [0.717, 1.165) is 56.7 Å². The smallest absolute Gasteiger partial charge is 0.223 e. The van der Waals surface area contributed by atoms with Gasteiger partial charge >= 0.3 is 0 Å². The van der Waals surface area contributed by atoms with E-state index in [1.165, 1.54) is 69.9 Å². The first-order valence-electron chi connectivity index (χ1n) is 15.3. The van der Waals surface area contributed by atoms with E-state index in [9.17, 15) is 4.79 Å². The number of nitrogens with zero attached hydrogens (tertiary/aromatic N) is 1. The summed E-state index contributed by atoms with van der Waals surface area (Å²) in [5, 5.41) is 3.38. The van der Waals surface area contributed by atoms with Crippen LogP contribution in [0.4, 0.5) is 0 Å². The SMILES string of the molecule is C[C@@H]1CCCN1CCCOc1ccc2c(c1)CC[C@H]1[C@@H]3[C@@H](C(=O)NCC4CCC4)CC[C@@]3(C)CC[C@H]21. The number of likely N-dealkylation sites (tertiary alicyclic amines) is 1. The fourth-order valence-electron chi connectivity index (χ4n) is 8.86. The third-order valence-electron chi connectivity index (χ3n) is 11.2. The molecular formula is C32H48N2O2. The van der Waals surface area contributed by atoms with Gasteiger partial charge in [0, 0.05) is 25.0 Å². The molecule has 4 fully saturated rings. The minimum atomic E-state index is 0.227. The number of amides is 1. The molecule has 1 amide bonds. The molecule has 0 spiro atoms. The van der Waals surface area contributed by atoms with E-state index in [-0.39, 0.29) is 5.92 Å². The van der Waals surface area contributed by atoms with Gasteiger partial charge in [-0.25, -0.2) is 0 Å². The Bertz CT molecular complexity index is 942. The molecule has 5 aliphatic rings. The molecule has 0 radical (unpaired) electrons. The molecule has 1 aliphatic heterocycles. The number of carbonyl (C=O) groups excluding carboxylic acids is 1. The highest BCUT2D eigenvalue weighted by Gasteiger charge is 2.56. The van der Waals surface area contributed by atoms with Crippen LogP contribution in [0.1, 0.15) is 102 Å². The molecule has 6 atom stereocenters. The van der Waals surface area contributed by atoms with Gasteiger partial charge in [0.1, 0.15) is 5.75 Å². The van der Waals surface area contributed by atoms with Crippen molar-refractivity contribution >= 4 is 5.91 Å². The van der Waals surface area contributed by atoms with Crippen molar-refractivity contribution in [2.45, 2.75) is 103 Å². The summed E-state index contributed by atoms with van der Waals surface area (Å²) >= 11 is 0. The Kier molecular flexibility index (Phi) is 7.09. The second kappa shape index (κ2) is 10.3. The summed E-state index contributed by atoms with van der Waals surface area (Å²) in [6, 6.07) is 7.69. The Morgan fingerprint density at radius 1 is 1.11 bits per heavy atom. The van der Waals surface area contributed by atoms with Gasteiger partial charge in [-0.3, -0.25) is 4.79 Å². The van der Waals surface area contributed by atoms with Crippen LogP contribution in [-0.4, -0.2) is 43.1 Å². The normalized spacial score (nSPS) is 36.0. The molecule has 1 heterocycles. The average Bonchev–Trinajstić information content (AvgIpc) is 3.42. The number of aryl methyl sites for hydroxylation is 1. The summed E-state index contributed by atoms with van der Waals surface area (Å²) in [4.78, 5) is 16.0. The largest absolute Gasteiger partial charge is 0.494 e. The van der Waals surface area contributed by atoms with Gasteiger partial charge in [0.05, 0.1) is 6.61 Å². The minimum Gasteiger partial charge on any atom is -0.494 e. The number of nitrogens with one attached hydrogen (secondary N) is 1. The lowest BCUT2D eigenvalue weighted by Gasteiger charge is -2.50. The molecule has 0 unspecified atom stereocenters. The van der Waals surface area contributed by atoms with Gasteiger partial charge in [-0.05, 0) is 136 Å². The Labute approximate surface area is 218 Å². The number of hydrogen-bond acceptors (Lipinski definition) is 3. The third-order valence-corrected chi connectivity index (χ3v) is 11.2. The first kappa shape index (κ1) is 24.8. The quantitative estimate of drug-likeness (QED) is 0.431. The van der Waals surface area contributed by atoms with E-state index >= 15 is 0 Å². The Morgan fingerprint density at radius 3 is 2.75 bits per heavy atom. The Morgan fingerprint density at radius 2 is 1.97 bits per heavy atom. The summed E-state index contributed by atoms with van der Waals surface area (Å²) in [7, 11) is 0. The summed E-state index contributed by atoms with van der Waals surface area (Å²) in [5.41, 5.74) is 3.43. The summed E-state index contributed by atoms with van der Waals surface area (Å²) in [6.07, 6.45) is 15.0. The van der Waals surface area contributed by atoms with Gasteiger partial charge in [0.25, 0.3) is 0 Å². The van der Waals surface area contributed by atoms with Crippen LogP contribution >= 0.6 is 0 Å². The Balaban J connectivity index is 1.09. The standard InChI is InChI=1S/C32H48N2O2/c1-22-6-4-17-34(22)18-5-19-36-25-10-12-26-24(20-25)9-11-28-27(26)13-15-32(2)16-14-29(30(28)32)31(35)33-21-23-7-3-8-23/h10,12,20,22-23,27-30H,3-9,11,13-19,21H2,1-2H3,(H,33,35)/t22-,27-,28-,29+,30-,32-/m1/s1. The molecule has 4 nitrogen and oxygen atoms in total. The predicted octanol–water partition coefficient (Wildman–Crippen LogP) is 6.33. The van der Waals surface area contributed by atoms with Gasteiger partial charge < -0.3 is 15.0 Å². The van der Waals surface area contributed by atoms with Gasteiger partial charge in [-0.2, -0.15) is 0 Å². The van der Waals surface area contributed by atoms with E-state index in [2.05, 4.69) is 42.3 Å². The maximum Gasteiger partial charge on any atom is 0.223 e. The molecular weight excluding hydrogens is 444 g/mol. The number of benzene rings is 1. The third kappa shape index (κ3) is 4.72. The summed E-state index contributed by atoms with van der Waals surface area (Å²) in [5.74, 6) is 4.22. The van der Waals surface area contributed by atoms with Crippen molar-refractivity contribution in [2.24, 2.45) is 29.1 Å². The maximum absolute atomic E-state index is 13.3. The van der Waals surface area contributed by atoms with Crippen molar-refractivity contribution in [2.75, 3.05) is 26.2 Å². The number of carbonyl (C=O) groups is 1. The number of ether oxygens (including phenoxy) is 1. The van der Waals surface area contributed by atoms with Gasteiger partial charge in [-0.1, -0.05) is 19.4 Å². The zero-order valence-electron chi connectivity index (χ0n) is 22.8. The fraction of sp³-hybridized carbons (Fsp3) is 0.781. The lowest BCUT2D eigenvalue weighted by atomic mass is 9.54. The molecule has 198 valence electrons. The molecule has 36 heavy (non-hydrogen) atoms. The maximum atomic E-state index is 13.3. The van der Waals surface area contributed by atoms with Crippen LogP contribution in [-0.2, 0) is 11.2 Å². The van der Waals surface area contributed by atoms with Crippen LogP contribution in [0.25, 0.3) is 0 Å². The fourth-order valence-corrected chi connectivity index (χ4v) is 8.86. The molecule has 4 aliphatic carbocycles. The molecule has 1 N–H and O–H groups in total. The molecule has 0 aromatic heterocycles. The molecule has 0 bridgehead atoms. The van der Waals surface area contributed by atoms with Crippen LogP contribution in [0.3, 0.4) is 0 Å². The Hall–Kier alpha value is -1.55. The van der Waals surface area contributed by atoms with Crippen molar-refractivity contribution in [3.8, 4) is 5.75 Å². The number of fused-ring (bicyclic) bond motifs is 5. The zero-order chi connectivity index (χ0) is 24.7. The molecule has 1 aromatic rings. The monoisotopic (exact) mass is 492 g/mol. The predicted molar refractivity (Wildman–Crippen MR) is 145 cm³/mol. The molecule has 1 saturated heterocycles. The average molecular weight is 493 g/mol. The van der Waals surface area contributed by atoms with E-state index in [4.69, 9.17) is 4.74 Å². The van der Waals surface area contributed by atoms with E-state index in [1.54, 1.807) is 5.56 Å².